The van der Waals surface area contributed by atoms with Gasteiger partial charge >= 0.3 is 5.97 Å². The molecule has 6 rings (SSSR count). The number of aliphatic hydroxyl groups is 4. The first-order valence-electron chi connectivity index (χ1n) is 13.2. The average molecular weight is 577 g/mol. The van der Waals surface area contributed by atoms with Crippen LogP contribution in [-0.2, 0) is 20.7 Å². The van der Waals surface area contributed by atoms with Crippen LogP contribution in [0.25, 0.3) is 0 Å². The molecule has 8 atom stereocenters. The molecular formula is C28H32O13. The third-order valence-electron chi connectivity index (χ3n) is 8.27. The van der Waals surface area contributed by atoms with E-state index in [9.17, 15) is 25.2 Å². The zero-order chi connectivity index (χ0) is 29.0. The van der Waals surface area contributed by atoms with Crippen LogP contribution in [-0.4, -0.2) is 98.4 Å². The van der Waals surface area contributed by atoms with Gasteiger partial charge in [-0.15, -0.1) is 0 Å². The number of benzene rings is 2. The monoisotopic (exact) mass is 576 g/mol. The first-order chi connectivity index (χ1) is 19.8. The van der Waals surface area contributed by atoms with Gasteiger partial charge in [-0.25, -0.2) is 0 Å². The van der Waals surface area contributed by atoms with Crippen LogP contribution in [0.1, 0.15) is 22.6 Å². The number of aliphatic hydroxyl groups excluding tert-OH is 4. The van der Waals surface area contributed by atoms with Crippen LogP contribution >= 0.6 is 0 Å². The fourth-order valence-corrected chi connectivity index (χ4v) is 6.26. The summed E-state index contributed by atoms with van der Waals surface area (Å²) in [4.78, 5) is 13.1. The van der Waals surface area contributed by atoms with E-state index in [1.165, 1.54) is 21.3 Å². The molecule has 0 radical (unpaired) electrons. The Morgan fingerprint density at radius 2 is 1.63 bits per heavy atom. The number of fused-ring (bicyclic) bond motifs is 3. The lowest BCUT2D eigenvalue weighted by Gasteiger charge is -2.40. The van der Waals surface area contributed by atoms with Crippen LogP contribution in [0.15, 0.2) is 18.2 Å². The molecule has 2 saturated heterocycles. The maximum Gasteiger partial charge on any atom is 0.310 e. The van der Waals surface area contributed by atoms with E-state index in [-0.39, 0.29) is 36.8 Å². The van der Waals surface area contributed by atoms with E-state index in [1.807, 2.05) is 0 Å². The Morgan fingerprint density at radius 3 is 2.29 bits per heavy atom. The lowest BCUT2D eigenvalue weighted by Crippen LogP contribution is -2.60. The lowest BCUT2D eigenvalue weighted by molar-refractivity contribution is -0.277. The van der Waals surface area contributed by atoms with E-state index in [0.717, 1.165) is 0 Å². The SMILES string of the molecule is COc1cc([C@@H]2c3cc4c(c(O[C@@H]5O[C@@H](CO)[C@@H](O)[C@@H](O)[C@H]5O)c3C[C@@H]3COC(=O)[C@@H]32)OCO4)cc(OC)c1OC. The summed E-state index contributed by atoms with van der Waals surface area (Å²) >= 11 is 0. The summed E-state index contributed by atoms with van der Waals surface area (Å²) in [6.07, 6.45) is -7.06. The molecule has 0 saturated carbocycles. The Bertz CT molecular complexity index is 1300. The van der Waals surface area contributed by atoms with Crippen LogP contribution in [0.5, 0.6) is 34.5 Å². The zero-order valence-electron chi connectivity index (χ0n) is 22.6. The van der Waals surface area contributed by atoms with E-state index in [1.54, 1.807) is 18.2 Å². The third-order valence-corrected chi connectivity index (χ3v) is 8.27. The smallest absolute Gasteiger partial charge is 0.310 e. The van der Waals surface area contributed by atoms with Crippen molar-refractivity contribution in [2.24, 2.45) is 11.8 Å². The van der Waals surface area contributed by atoms with Gasteiger partial charge in [-0.2, -0.15) is 0 Å². The van der Waals surface area contributed by atoms with Crippen molar-refractivity contribution in [3.8, 4) is 34.5 Å². The molecule has 1 aliphatic carbocycles. The second-order valence-electron chi connectivity index (χ2n) is 10.4. The number of cyclic esters (lactones) is 1. The summed E-state index contributed by atoms with van der Waals surface area (Å²) < 4.78 is 45.5. The van der Waals surface area contributed by atoms with Crippen LogP contribution in [0.3, 0.4) is 0 Å². The fourth-order valence-electron chi connectivity index (χ4n) is 6.26. The number of hydrogen-bond acceptors (Lipinski definition) is 13. The van der Waals surface area contributed by atoms with E-state index >= 15 is 0 Å². The fraction of sp³-hybridized carbons (Fsp3) is 0.536. The molecule has 13 nitrogen and oxygen atoms in total. The van der Waals surface area contributed by atoms with E-state index < -0.39 is 49.1 Å². The van der Waals surface area contributed by atoms with Crippen molar-refractivity contribution in [1.82, 2.24) is 0 Å². The van der Waals surface area contributed by atoms with Gasteiger partial charge in [0.05, 0.1) is 40.5 Å². The average Bonchev–Trinajstić information content (AvgIpc) is 3.61. The Morgan fingerprint density at radius 1 is 0.902 bits per heavy atom. The van der Waals surface area contributed by atoms with Crippen molar-refractivity contribution in [3.05, 3.63) is 34.9 Å². The molecule has 0 aromatic heterocycles. The number of hydrogen-bond donors (Lipinski definition) is 4. The zero-order valence-corrected chi connectivity index (χ0v) is 22.6. The van der Waals surface area contributed by atoms with Gasteiger partial charge in [-0.3, -0.25) is 4.79 Å². The van der Waals surface area contributed by atoms with Crippen molar-refractivity contribution in [3.63, 3.8) is 0 Å². The number of rotatable bonds is 7. The van der Waals surface area contributed by atoms with Gasteiger partial charge in [0.25, 0.3) is 0 Å². The van der Waals surface area contributed by atoms with Gasteiger partial charge in [0.15, 0.2) is 23.0 Å². The highest BCUT2D eigenvalue weighted by Crippen LogP contribution is 2.56. The molecule has 0 bridgehead atoms. The summed E-state index contributed by atoms with van der Waals surface area (Å²) in [6.45, 7) is -0.507. The van der Waals surface area contributed by atoms with E-state index in [0.29, 0.717) is 46.1 Å². The van der Waals surface area contributed by atoms with Crippen molar-refractivity contribution in [1.29, 1.82) is 0 Å². The molecule has 0 amide bonds. The Hall–Kier alpha value is -3.49. The predicted molar refractivity (Wildman–Crippen MR) is 137 cm³/mol. The molecule has 2 aromatic rings. The van der Waals surface area contributed by atoms with Crippen molar-refractivity contribution in [2.75, 3.05) is 41.3 Å². The summed E-state index contributed by atoms with van der Waals surface area (Å²) in [6, 6.07) is 5.37. The summed E-state index contributed by atoms with van der Waals surface area (Å²) in [5, 5.41) is 40.9. The van der Waals surface area contributed by atoms with Gasteiger partial charge in [-0.1, -0.05) is 0 Å². The maximum atomic E-state index is 13.1. The molecular weight excluding hydrogens is 544 g/mol. The van der Waals surface area contributed by atoms with Gasteiger partial charge in [0.1, 0.15) is 24.4 Å². The molecule has 0 unspecified atom stereocenters. The normalized spacial score (nSPS) is 31.6. The van der Waals surface area contributed by atoms with E-state index in [2.05, 4.69) is 0 Å². The number of carbonyl (C=O) groups excluding carboxylic acids is 1. The second-order valence-corrected chi connectivity index (χ2v) is 10.4. The van der Waals surface area contributed by atoms with Crippen molar-refractivity contribution < 1.29 is 63.1 Å². The van der Waals surface area contributed by atoms with Crippen LogP contribution in [0.4, 0.5) is 0 Å². The minimum absolute atomic E-state index is 0.0903. The minimum Gasteiger partial charge on any atom is -0.493 e. The summed E-state index contributed by atoms with van der Waals surface area (Å²) in [5.74, 6) is 0.409. The highest BCUT2D eigenvalue weighted by atomic mass is 16.7. The second kappa shape index (κ2) is 10.7. The lowest BCUT2D eigenvalue weighted by atomic mass is 9.67. The molecule has 222 valence electrons. The number of esters is 1. The quantitative estimate of drug-likeness (QED) is 0.327. The number of ether oxygens (including phenoxy) is 8. The Balaban J connectivity index is 1.51. The van der Waals surface area contributed by atoms with Crippen molar-refractivity contribution >= 4 is 5.97 Å². The van der Waals surface area contributed by atoms with Crippen LogP contribution in [0.2, 0.25) is 0 Å². The highest BCUT2D eigenvalue weighted by molar-refractivity contribution is 5.79. The minimum atomic E-state index is -1.64. The highest BCUT2D eigenvalue weighted by Gasteiger charge is 2.51. The number of methoxy groups -OCH3 is 3. The third kappa shape index (κ3) is 4.39. The largest absolute Gasteiger partial charge is 0.493 e. The summed E-state index contributed by atoms with van der Waals surface area (Å²) in [7, 11) is 4.52. The van der Waals surface area contributed by atoms with E-state index in [4.69, 9.17) is 37.9 Å². The maximum absolute atomic E-state index is 13.1. The van der Waals surface area contributed by atoms with Crippen LogP contribution in [0, 0.1) is 11.8 Å². The van der Waals surface area contributed by atoms with Gasteiger partial charge in [-0.05, 0) is 35.7 Å². The predicted octanol–water partition coefficient (Wildman–Crippen LogP) is 0.0970. The molecule has 2 aromatic carbocycles. The van der Waals surface area contributed by atoms with Crippen molar-refractivity contribution in [2.45, 2.75) is 43.0 Å². The van der Waals surface area contributed by atoms with Crippen LogP contribution < -0.4 is 28.4 Å². The Labute approximate surface area is 235 Å². The van der Waals surface area contributed by atoms with Gasteiger partial charge in [0.2, 0.25) is 24.6 Å². The topological polar surface area (TPSA) is 172 Å². The molecule has 0 spiro atoms. The van der Waals surface area contributed by atoms with Gasteiger partial charge < -0.3 is 58.3 Å². The molecule has 3 heterocycles. The van der Waals surface area contributed by atoms with Gasteiger partial charge in [0, 0.05) is 17.4 Å². The standard InChI is InChI=1S/C28H32O13/c1-34-15-5-11(6-16(35-2)25(15)36-3)19-13-7-17-26(39-10-38-17)24(14(13)4-12-9-37-27(33)20(12)19)41-28-23(32)22(31)21(30)18(8-29)40-28/h5-7,12,18-23,28-32H,4,8-10H2,1-3H3/t12-,18+,19-,20+,21-,22-,23-,28+/m1/s1. The first-order valence-corrected chi connectivity index (χ1v) is 13.2. The molecule has 41 heavy (non-hydrogen) atoms. The summed E-state index contributed by atoms with van der Waals surface area (Å²) in [5.41, 5.74) is 2.07. The molecule has 3 aliphatic heterocycles. The molecule has 13 heteroatoms. The molecule has 4 aliphatic rings. The first kappa shape index (κ1) is 27.7. The number of carbonyl (C=O) groups is 1. The molecule has 2 fully saturated rings. The Kier molecular flexibility index (Phi) is 7.24. The molecule has 4 N–H and O–H groups in total.